The molecule has 5 heteroatoms. The Bertz CT molecular complexity index is 678. The molecule has 0 aliphatic carbocycles. The van der Waals surface area contributed by atoms with Crippen LogP contribution in [0.15, 0.2) is 48.5 Å². The number of halogens is 1. The smallest absolute Gasteiger partial charge is 0.343 e. The molecule has 0 aromatic heterocycles. The molecule has 126 valence electrons. The molecular formula is C19H19FO4. The summed E-state index contributed by atoms with van der Waals surface area (Å²) < 4.78 is 23.2. The van der Waals surface area contributed by atoms with Crippen LogP contribution in [0.3, 0.4) is 0 Å². The van der Waals surface area contributed by atoms with Crippen LogP contribution in [-0.4, -0.2) is 18.5 Å². The molecule has 2 rings (SSSR count). The highest BCUT2D eigenvalue weighted by molar-refractivity contribution is 5.92. The lowest BCUT2D eigenvalue weighted by atomic mass is 10.2. The standard InChI is InChI=1S/C19H19FO4/c1-2-3-4-13-23-18(21)14-7-11-17(12-8-14)24-19(22)15-5-9-16(20)10-6-15/h5-12H,2-4,13H2,1H3. The Morgan fingerprint density at radius 1 is 0.875 bits per heavy atom. The summed E-state index contributed by atoms with van der Waals surface area (Å²) in [6, 6.07) is 11.2. The molecule has 2 aromatic rings. The van der Waals surface area contributed by atoms with Gasteiger partial charge < -0.3 is 9.47 Å². The van der Waals surface area contributed by atoms with E-state index in [-0.39, 0.29) is 5.56 Å². The number of benzene rings is 2. The molecule has 0 aliphatic heterocycles. The summed E-state index contributed by atoms with van der Waals surface area (Å²) in [5.41, 5.74) is 0.642. The maximum absolute atomic E-state index is 12.8. The van der Waals surface area contributed by atoms with Gasteiger partial charge in [0.05, 0.1) is 17.7 Å². The normalized spacial score (nSPS) is 10.2. The van der Waals surface area contributed by atoms with E-state index in [4.69, 9.17) is 9.47 Å². The highest BCUT2D eigenvalue weighted by Crippen LogP contribution is 2.15. The van der Waals surface area contributed by atoms with E-state index in [0.29, 0.717) is 17.9 Å². The van der Waals surface area contributed by atoms with Crippen LogP contribution in [0.5, 0.6) is 5.75 Å². The van der Waals surface area contributed by atoms with Crippen molar-refractivity contribution in [1.29, 1.82) is 0 Å². The van der Waals surface area contributed by atoms with Gasteiger partial charge in [0, 0.05) is 0 Å². The van der Waals surface area contributed by atoms with Gasteiger partial charge in [-0.1, -0.05) is 19.8 Å². The van der Waals surface area contributed by atoms with E-state index in [9.17, 15) is 14.0 Å². The molecule has 0 heterocycles. The van der Waals surface area contributed by atoms with Crippen LogP contribution < -0.4 is 4.74 Å². The summed E-state index contributed by atoms with van der Waals surface area (Å²) in [4.78, 5) is 23.7. The van der Waals surface area contributed by atoms with Gasteiger partial charge >= 0.3 is 11.9 Å². The molecule has 4 nitrogen and oxygen atoms in total. The lowest BCUT2D eigenvalue weighted by Crippen LogP contribution is -2.09. The first-order chi connectivity index (χ1) is 11.6. The third kappa shape index (κ3) is 5.19. The molecule has 0 bridgehead atoms. The molecule has 0 fully saturated rings. The number of rotatable bonds is 7. The van der Waals surface area contributed by atoms with Gasteiger partial charge in [0.15, 0.2) is 0 Å². The van der Waals surface area contributed by atoms with Gasteiger partial charge in [-0.25, -0.2) is 14.0 Å². The predicted molar refractivity (Wildman–Crippen MR) is 87.6 cm³/mol. The first kappa shape index (κ1) is 17.7. The number of hydrogen-bond acceptors (Lipinski definition) is 4. The van der Waals surface area contributed by atoms with Crippen LogP contribution in [0.1, 0.15) is 46.9 Å². The van der Waals surface area contributed by atoms with Crippen LogP contribution in [0.25, 0.3) is 0 Å². The van der Waals surface area contributed by atoms with Gasteiger partial charge in [-0.3, -0.25) is 0 Å². The van der Waals surface area contributed by atoms with Crippen molar-refractivity contribution < 1.29 is 23.5 Å². The Labute approximate surface area is 140 Å². The van der Waals surface area contributed by atoms with Crippen LogP contribution in [0.2, 0.25) is 0 Å². The summed E-state index contributed by atoms with van der Waals surface area (Å²) in [6.45, 7) is 2.47. The summed E-state index contributed by atoms with van der Waals surface area (Å²) in [5, 5.41) is 0. The Morgan fingerprint density at radius 3 is 2.08 bits per heavy atom. The van der Waals surface area contributed by atoms with Crippen molar-refractivity contribution in [2.24, 2.45) is 0 Å². The van der Waals surface area contributed by atoms with Gasteiger partial charge in [0.2, 0.25) is 0 Å². The minimum absolute atomic E-state index is 0.246. The Kier molecular flexibility index (Phi) is 6.49. The third-order valence-electron chi connectivity index (χ3n) is 3.36. The molecule has 2 aromatic carbocycles. The first-order valence-corrected chi connectivity index (χ1v) is 7.85. The largest absolute Gasteiger partial charge is 0.462 e. The van der Waals surface area contributed by atoms with Crippen molar-refractivity contribution in [2.75, 3.05) is 6.61 Å². The molecule has 0 saturated heterocycles. The molecule has 0 N–H and O–H groups in total. The maximum atomic E-state index is 12.8. The van der Waals surface area contributed by atoms with Crippen molar-refractivity contribution in [3.63, 3.8) is 0 Å². The fraction of sp³-hybridized carbons (Fsp3) is 0.263. The Balaban J connectivity index is 1.90. The number of carbonyl (C=O) groups is 2. The second kappa shape index (κ2) is 8.82. The van der Waals surface area contributed by atoms with Crippen LogP contribution in [0.4, 0.5) is 4.39 Å². The van der Waals surface area contributed by atoms with Gasteiger partial charge in [0.25, 0.3) is 0 Å². The second-order valence-corrected chi connectivity index (χ2v) is 5.26. The minimum atomic E-state index is -0.593. The topological polar surface area (TPSA) is 52.6 Å². The van der Waals surface area contributed by atoms with Gasteiger partial charge in [0.1, 0.15) is 11.6 Å². The lowest BCUT2D eigenvalue weighted by Gasteiger charge is -2.06. The average molecular weight is 330 g/mol. The number of unbranched alkanes of at least 4 members (excludes halogenated alkanes) is 2. The van der Waals surface area contributed by atoms with Crippen molar-refractivity contribution in [3.8, 4) is 5.75 Å². The van der Waals surface area contributed by atoms with Gasteiger partial charge in [-0.2, -0.15) is 0 Å². The highest BCUT2D eigenvalue weighted by Gasteiger charge is 2.11. The van der Waals surface area contributed by atoms with E-state index in [1.165, 1.54) is 48.5 Å². The molecule has 0 aliphatic rings. The maximum Gasteiger partial charge on any atom is 0.343 e. The number of carbonyl (C=O) groups excluding carboxylic acids is 2. The van der Waals surface area contributed by atoms with Gasteiger partial charge in [-0.15, -0.1) is 0 Å². The summed E-state index contributed by atoms with van der Waals surface area (Å²) in [7, 11) is 0. The second-order valence-electron chi connectivity index (χ2n) is 5.26. The van der Waals surface area contributed by atoms with Crippen LogP contribution in [0, 0.1) is 5.82 Å². The molecule has 0 spiro atoms. The monoisotopic (exact) mass is 330 g/mol. The van der Waals surface area contributed by atoms with Crippen molar-refractivity contribution >= 4 is 11.9 Å². The minimum Gasteiger partial charge on any atom is -0.462 e. The van der Waals surface area contributed by atoms with E-state index in [1.54, 1.807) is 0 Å². The van der Waals surface area contributed by atoms with Crippen LogP contribution >= 0.6 is 0 Å². The molecule has 24 heavy (non-hydrogen) atoms. The first-order valence-electron chi connectivity index (χ1n) is 7.85. The number of esters is 2. The predicted octanol–water partition coefficient (Wildman–Crippen LogP) is 4.39. The average Bonchev–Trinajstić information content (AvgIpc) is 2.59. The Hall–Kier alpha value is -2.69. The van der Waals surface area contributed by atoms with E-state index in [2.05, 4.69) is 6.92 Å². The zero-order valence-corrected chi connectivity index (χ0v) is 13.5. The highest BCUT2D eigenvalue weighted by atomic mass is 19.1. The molecule has 0 saturated carbocycles. The quantitative estimate of drug-likeness (QED) is 0.429. The SMILES string of the molecule is CCCCCOC(=O)c1ccc(OC(=O)c2ccc(F)cc2)cc1. The fourth-order valence-electron chi connectivity index (χ4n) is 2.01. The molecule has 0 atom stereocenters. The van der Waals surface area contributed by atoms with Crippen molar-refractivity contribution in [1.82, 2.24) is 0 Å². The number of ether oxygens (including phenoxy) is 2. The number of hydrogen-bond donors (Lipinski definition) is 0. The van der Waals surface area contributed by atoms with E-state index >= 15 is 0 Å². The molecule has 0 radical (unpaired) electrons. The fourth-order valence-corrected chi connectivity index (χ4v) is 2.01. The summed E-state index contributed by atoms with van der Waals surface area (Å²) in [5.74, 6) is -1.12. The van der Waals surface area contributed by atoms with Crippen molar-refractivity contribution in [3.05, 3.63) is 65.5 Å². The third-order valence-corrected chi connectivity index (χ3v) is 3.36. The Morgan fingerprint density at radius 2 is 1.46 bits per heavy atom. The zero-order chi connectivity index (χ0) is 17.4. The summed E-state index contributed by atoms with van der Waals surface area (Å²) in [6.07, 6.45) is 2.92. The van der Waals surface area contributed by atoms with Crippen LogP contribution in [-0.2, 0) is 4.74 Å². The van der Waals surface area contributed by atoms with E-state index < -0.39 is 17.8 Å². The van der Waals surface area contributed by atoms with E-state index in [0.717, 1.165) is 19.3 Å². The lowest BCUT2D eigenvalue weighted by molar-refractivity contribution is 0.0498. The van der Waals surface area contributed by atoms with Gasteiger partial charge in [-0.05, 0) is 55.0 Å². The molecular weight excluding hydrogens is 311 g/mol. The molecule has 0 unspecified atom stereocenters. The van der Waals surface area contributed by atoms with Crippen molar-refractivity contribution in [2.45, 2.75) is 26.2 Å². The summed E-state index contributed by atoms with van der Waals surface area (Å²) >= 11 is 0. The molecule has 0 amide bonds. The zero-order valence-electron chi connectivity index (χ0n) is 13.5. The van der Waals surface area contributed by atoms with E-state index in [1.807, 2.05) is 0 Å².